The van der Waals surface area contributed by atoms with Crippen LogP contribution in [0.2, 0.25) is 0 Å². The zero-order valence-electron chi connectivity index (χ0n) is 7.04. The van der Waals surface area contributed by atoms with Gasteiger partial charge < -0.3 is 5.11 Å². The SMILES string of the molecule is O=[N+]([O-])c1ccc2cccnc2c1O. The van der Waals surface area contributed by atoms with Crippen LogP contribution >= 0.6 is 0 Å². The second-order valence-corrected chi connectivity index (χ2v) is 2.77. The van der Waals surface area contributed by atoms with E-state index in [9.17, 15) is 15.2 Å². The molecule has 1 N–H and O–H groups in total. The van der Waals surface area contributed by atoms with Gasteiger partial charge in [0.1, 0.15) is 5.52 Å². The van der Waals surface area contributed by atoms with Crippen molar-refractivity contribution < 1.29 is 10.0 Å². The Morgan fingerprint density at radius 2 is 2.14 bits per heavy atom. The lowest BCUT2D eigenvalue weighted by Crippen LogP contribution is -1.89. The Morgan fingerprint density at radius 1 is 1.36 bits per heavy atom. The molecule has 0 aliphatic carbocycles. The van der Waals surface area contributed by atoms with Crippen molar-refractivity contribution in [3.05, 3.63) is 40.6 Å². The molecule has 0 aliphatic rings. The van der Waals surface area contributed by atoms with Gasteiger partial charge in [0.15, 0.2) is 0 Å². The molecule has 0 aliphatic heterocycles. The number of aromatic nitrogens is 1. The van der Waals surface area contributed by atoms with Gasteiger partial charge in [-0.3, -0.25) is 15.1 Å². The first-order valence-electron chi connectivity index (χ1n) is 3.91. The van der Waals surface area contributed by atoms with Crippen molar-refractivity contribution in [1.82, 2.24) is 4.98 Å². The summed E-state index contributed by atoms with van der Waals surface area (Å²) in [7, 11) is 0. The molecule has 0 bridgehead atoms. The van der Waals surface area contributed by atoms with Crippen molar-refractivity contribution in [3.63, 3.8) is 0 Å². The Bertz CT molecular complexity index is 510. The lowest BCUT2D eigenvalue weighted by atomic mass is 10.2. The maximum absolute atomic E-state index is 10.5. The number of hydrogen-bond acceptors (Lipinski definition) is 4. The highest BCUT2D eigenvalue weighted by Crippen LogP contribution is 2.32. The van der Waals surface area contributed by atoms with Gasteiger partial charge in [-0.2, -0.15) is 0 Å². The standard InChI is InChI=1S/C9H6N2O3/c12-9-7(11(13)14)4-3-6-2-1-5-10-8(6)9/h1-5,12H. The fourth-order valence-corrected chi connectivity index (χ4v) is 1.27. The van der Waals surface area contributed by atoms with Crippen LogP contribution in [0, 0.1) is 10.1 Å². The molecule has 2 rings (SSSR count). The van der Waals surface area contributed by atoms with Crippen molar-refractivity contribution in [1.29, 1.82) is 0 Å². The first-order valence-corrected chi connectivity index (χ1v) is 3.91. The van der Waals surface area contributed by atoms with Gasteiger partial charge in [-0.25, -0.2) is 0 Å². The lowest BCUT2D eigenvalue weighted by molar-refractivity contribution is -0.385. The van der Waals surface area contributed by atoms with Crippen LogP contribution in [0.4, 0.5) is 5.69 Å². The van der Waals surface area contributed by atoms with Crippen molar-refractivity contribution >= 4 is 16.6 Å². The number of nitro benzene ring substituents is 1. The van der Waals surface area contributed by atoms with E-state index in [1.807, 2.05) is 0 Å². The number of hydrogen-bond donors (Lipinski definition) is 1. The summed E-state index contributed by atoms with van der Waals surface area (Å²) in [5.41, 5.74) is -0.0714. The number of aromatic hydroxyl groups is 1. The van der Waals surface area contributed by atoms with Crippen LogP contribution in [-0.4, -0.2) is 15.0 Å². The van der Waals surface area contributed by atoms with Gasteiger partial charge in [0.05, 0.1) is 4.92 Å². The summed E-state index contributed by atoms with van der Waals surface area (Å²) in [6.07, 6.45) is 1.48. The van der Waals surface area contributed by atoms with E-state index in [4.69, 9.17) is 0 Å². The molecule has 0 radical (unpaired) electrons. The molecular weight excluding hydrogens is 184 g/mol. The molecular formula is C9H6N2O3. The fourth-order valence-electron chi connectivity index (χ4n) is 1.27. The quantitative estimate of drug-likeness (QED) is 0.549. The number of phenolic OH excluding ortho intramolecular Hbond substituents is 1. The van der Waals surface area contributed by atoms with Gasteiger partial charge >= 0.3 is 5.69 Å². The summed E-state index contributed by atoms with van der Waals surface area (Å²) >= 11 is 0. The summed E-state index contributed by atoms with van der Waals surface area (Å²) in [5, 5.41) is 20.7. The van der Waals surface area contributed by atoms with Gasteiger partial charge in [-0.1, -0.05) is 6.07 Å². The second-order valence-electron chi connectivity index (χ2n) is 2.77. The predicted octanol–water partition coefficient (Wildman–Crippen LogP) is 1.85. The van der Waals surface area contributed by atoms with Crippen LogP contribution in [0.1, 0.15) is 0 Å². The maximum atomic E-state index is 10.5. The minimum absolute atomic E-state index is 0.252. The largest absolute Gasteiger partial charge is 0.501 e. The van der Waals surface area contributed by atoms with Crippen LogP contribution in [0.3, 0.4) is 0 Å². The van der Waals surface area contributed by atoms with Gasteiger partial charge in [0.2, 0.25) is 5.75 Å². The molecule has 2 aromatic rings. The van der Waals surface area contributed by atoms with Gasteiger partial charge in [-0.15, -0.1) is 0 Å². The maximum Gasteiger partial charge on any atom is 0.313 e. The molecule has 70 valence electrons. The molecule has 14 heavy (non-hydrogen) atoms. The predicted molar refractivity (Wildman–Crippen MR) is 50.1 cm³/mol. The fraction of sp³-hybridized carbons (Fsp3) is 0. The van der Waals surface area contributed by atoms with Crippen LogP contribution < -0.4 is 0 Å². The number of nitrogens with zero attached hydrogens (tertiary/aromatic N) is 2. The summed E-state index contributed by atoms with van der Waals surface area (Å²) in [6, 6.07) is 6.25. The van der Waals surface area contributed by atoms with E-state index in [1.165, 1.54) is 12.3 Å². The highest BCUT2D eigenvalue weighted by atomic mass is 16.6. The Balaban J connectivity index is 2.81. The van der Waals surface area contributed by atoms with Gasteiger partial charge in [-0.05, 0) is 12.1 Å². The summed E-state index contributed by atoms with van der Waals surface area (Å²) in [5.74, 6) is -0.381. The first kappa shape index (κ1) is 8.43. The minimum atomic E-state index is -0.635. The van der Waals surface area contributed by atoms with Crippen LogP contribution in [-0.2, 0) is 0 Å². The van der Waals surface area contributed by atoms with E-state index in [1.54, 1.807) is 18.2 Å². The van der Waals surface area contributed by atoms with Crippen LogP contribution in [0.15, 0.2) is 30.5 Å². The van der Waals surface area contributed by atoms with E-state index in [0.717, 1.165) is 0 Å². The summed E-state index contributed by atoms with van der Waals surface area (Å²) in [6.45, 7) is 0. The van der Waals surface area contributed by atoms with Crippen molar-refractivity contribution in [2.45, 2.75) is 0 Å². The monoisotopic (exact) mass is 190 g/mol. The highest BCUT2D eigenvalue weighted by Gasteiger charge is 2.15. The smallest absolute Gasteiger partial charge is 0.313 e. The highest BCUT2D eigenvalue weighted by molar-refractivity contribution is 5.87. The average Bonchev–Trinajstić information content (AvgIpc) is 2.18. The molecule has 1 heterocycles. The van der Waals surface area contributed by atoms with E-state index in [-0.39, 0.29) is 17.0 Å². The number of benzene rings is 1. The van der Waals surface area contributed by atoms with Crippen LogP contribution in [0.25, 0.3) is 10.9 Å². The van der Waals surface area contributed by atoms with E-state index < -0.39 is 4.92 Å². The molecule has 0 amide bonds. The first-order chi connectivity index (χ1) is 6.70. The molecule has 5 heteroatoms. The molecule has 1 aromatic carbocycles. The lowest BCUT2D eigenvalue weighted by Gasteiger charge is -1.99. The summed E-state index contributed by atoms with van der Waals surface area (Å²) in [4.78, 5) is 13.7. The van der Waals surface area contributed by atoms with Crippen molar-refractivity contribution in [2.75, 3.05) is 0 Å². The third-order valence-electron chi connectivity index (χ3n) is 1.92. The molecule has 0 saturated carbocycles. The Morgan fingerprint density at radius 3 is 2.86 bits per heavy atom. The number of pyridine rings is 1. The summed E-state index contributed by atoms with van der Waals surface area (Å²) < 4.78 is 0. The third-order valence-corrected chi connectivity index (χ3v) is 1.92. The van der Waals surface area contributed by atoms with E-state index in [2.05, 4.69) is 4.98 Å². The van der Waals surface area contributed by atoms with E-state index >= 15 is 0 Å². The number of nitro groups is 1. The Hall–Kier alpha value is -2.17. The van der Waals surface area contributed by atoms with Crippen molar-refractivity contribution in [3.8, 4) is 5.75 Å². The molecule has 0 spiro atoms. The number of phenols is 1. The average molecular weight is 190 g/mol. The normalized spacial score (nSPS) is 10.3. The molecule has 1 aromatic heterocycles. The molecule has 0 saturated heterocycles. The third kappa shape index (κ3) is 1.15. The molecule has 5 nitrogen and oxygen atoms in total. The number of fused-ring (bicyclic) bond motifs is 1. The second kappa shape index (κ2) is 2.95. The molecule has 0 unspecified atom stereocenters. The number of rotatable bonds is 1. The van der Waals surface area contributed by atoms with Crippen LogP contribution in [0.5, 0.6) is 5.75 Å². The zero-order chi connectivity index (χ0) is 10.1. The molecule has 0 fully saturated rings. The Labute approximate surface area is 78.8 Å². The zero-order valence-corrected chi connectivity index (χ0v) is 7.04. The van der Waals surface area contributed by atoms with Gasteiger partial charge in [0.25, 0.3) is 0 Å². The van der Waals surface area contributed by atoms with E-state index in [0.29, 0.717) is 5.39 Å². The topological polar surface area (TPSA) is 76.3 Å². The minimum Gasteiger partial charge on any atom is -0.501 e. The van der Waals surface area contributed by atoms with Gasteiger partial charge in [0, 0.05) is 17.6 Å². The molecule has 0 atom stereocenters. The Kier molecular flexibility index (Phi) is 1.78. The van der Waals surface area contributed by atoms with Crippen molar-refractivity contribution in [2.24, 2.45) is 0 Å².